The molecule has 0 fully saturated rings. The second kappa shape index (κ2) is 9.83. The van der Waals surface area contributed by atoms with Crippen molar-refractivity contribution in [1.82, 2.24) is 5.32 Å². The zero-order valence-electron chi connectivity index (χ0n) is 14.1. The van der Waals surface area contributed by atoms with Gasteiger partial charge in [0, 0.05) is 12.1 Å². The number of rotatable bonds is 7. The number of aryl methyl sites for hydroxylation is 2. The maximum Gasteiger partial charge on any atom is 0.220 e. The fourth-order valence-electron chi connectivity index (χ4n) is 2.32. The van der Waals surface area contributed by atoms with Crippen LogP contribution in [0.15, 0.2) is 48.5 Å². The quantitative estimate of drug-likeness (QED) is 0.752. The molecule has 4 nitrogen and oxygen atoms in total. The van der Waals surface area contributed by atoms with Crippen LogP contribution in [0.1, 0.15) is 24.5 Å². The maximum absolute atomic E-state index is 11.9. The largest absolute Gasteiger partial charge is 0.489 e. The van der Waals surface area contributed by atoms with Crippen LogP contribution in [0.25, 0.3) is 0 Å². The summed E-state index contributed by atoms with van der Waals surface area (Å²) >= 11 is 0. The molecule has 0 spiro atoms. The molecule has 2 aromatic rings. The number of nitrogens with one attached hydrogen (secondary N) is 1. The van der Waals surface area contributed by atoms with E-state index in [0.29, 0.717) is 19.4 Å². The number of nitrogen functional groups attached to an aromatic ring is 1. The highest BCUT2D eigenvalue weighted by Crippen LogP contribution is 2.14. The highest BCUT2D eigenvalue weighted by molar-refractivity contribution is 5.85. The second-order valence-corrected chi connectivity index (χ2v) is 5.75. The van der Waals surface area contributed by atoms with Gasteiger partial charge < -0.3 is 15.8 Å². The average Bonchev–Trinajstić information content (AvgIpc) is 2.52. The van der Waals surface area contributed by atoms with Gasteiger partial charge in [-0.2, -0.15) is 0 Å². The number of halogens is 1. The Kier molecular flexibility index (Phi) is 8.13. The summed E-state index contributed by atoms with van der Waals surface area (Å²) in [7, 11) is 0. The average molecular weight is 349 g/mol. The Labute approximate surface area is 149 Å². The monoisotopic (exact) mass is 348 g/mol. The summed E-state index contributed by atoms with van der Waals surface area (Å²) < 4.78 is 5.79. The van der Waals surface area contributed by atoms with Gasteiger partial charge in [-0.3, -0.25) is 4.79 Å². The van der Waals surface area contributed by atoms with Gasteiger partial charge in [-0.25, -0.2) is 0 Å². The third-order valence-corrected chi connectivity index (χ3v) is 3.59. The summed E-state index contributed by atoms with van der Waals surface area (Å²) in [6, 6.07) is 15.5. The minimum absolute atomic E-state index is 0. The van der Waals surface area contributed by atoms with Gasteiger partial charge in [0.25, 0.3) is 0 Å². The predicted molar refractivity (Wildman–Crippen MR) is 101 cm³/mol. The molecule has 1 amide bonds. The van der Waals surface area contributed by atoms with E-state index in [2.05, 4.69) is 5.32 Å². The first-order valence-corrected chi connectivity index (χ1v) is 7.88. The molecule has 3 N–H and O–H groups in total. The first kappa shape index (κ1) is 19.8. The van der Waals surface area contributed by atoms with Gasteiger partial charge >= 0.3 is 0 Å². The molecule has 0 aromatic heterocycles. The van der Waals surface area contributed by atoms with E-state index < -0.39 is 0 Å². The number of benzene rings is 2. The van der Waals surface area contributed by atoms with E-state index in [0.717, 1.165) is 22.6 Å². The van der Waals surface area contributed by atoms with Crippen molar-refractivity contribution >= 4 is 24.0 Å². The standard InChI is InChI=1S/C19H24N2O2.ClH/c1-14-6-5-8-17(12-14)23-15(2)13-21-19(22)11-10-16-7-3-4-9-18(16)20;/h3-9,12,15H,10-11,13,20H2,1-2H3,(H,21,22);1H. The highest BCUT2D eigenvalue weighted by atomic mass is 35.5. The Bertz CT molecular complexity index is 661. The third kappa shape index (κ3) is 6.50. The van der Waals surface area contributed by atoms with Crippen LogP contribution in [0.2, 0.25) is 0 Å². The van der Waals surface area contributed by atoms with Crippen molar-refractivity contribution in [2.75, 3.05) is 12.3 Å². The zero-order chi connectivity index (χ0) is 16.7. The van der Waals surface area contributed by atoms with E-state index in [1.807, 2.05) is 62.4 Å². The molecule has 2 rings (SSSR count). The Morgan fingerprint density at radius 1 is 1.21 bits per heavy atom. The van der Waals surface area contributed by atoms with Crippen LogP contribution < -0.4 is 15.8 Å². The van der Waals surface area contributed by atoms with Crippen molar-refractivity contribution in [3.05, 3.63) is 59.7 Å². The number of nitrogens with two attached hydrogens (primary N) is 1. The summed E-state index contributed by atoms with van der Waals surface area (Å²) in [5.74, 6) is 0.830. The first-order valence-electron chi connectivity index (χ1n) is 7.88. The van der Waals surface area contributed by atoms with Gasteiger partial charge in [-0.15, -0.1) is 12.4 Å². The summed E-state index contributed by atoms with van der Waals surface area (Å²) in [5.41, 5.74) is 8.77. The lowest BCUT2D eigenvalue weighted by molar-refractivity contribution is -0.121. The lowest BCUT2D eigenvalue weighted by Gasteiger charge is -2.16. The minimum atomic E-state index is -0.0810. The second-order valence-electron chi connectivity index (χ2n) is 5.75. The van der Waals surface area contributed by atoms with Crippen LogP contribution in [-0.2, 0) is 11.2 Å². The van der Waals surface area contributed by atoms with Crippen LogP contribution in [-0.4, -0.2) is 18.6 Å². The number of carbonyl (C=O) groups excluding carboxylic acids is 1. The van der Waals surface area contributed by atoms with E-state index in [-0.39, 0.29) is 24.4 Å². The highest BCUT2D eigenvalue weighted by Gasteiger charge is 2.08. The topological polar surface area (TPSA) is 64.3 Å². The minimum Gasteiger partial charge on any atom is -0.489 e. The molecule has 24 heavy (non-hydrogen) atoms. The number of anilines is 1. The zero-order valence-corrected chi connectivity index (χ0v) is 14.9. The fraction of sp³-hybridized carbons (Fsp3) is 0.316. The number of hydrogen-bond acceptors (Lipinski definition) is 3. The Balaban J connectivity index is 0.00000288. The molecule has 0 aliphatic heterocycles. The molecule has 0 radical (unpaired) electrons. The summed E-state index contributed by atoms with van der Waals surface area (Å²) in [4.78, 5) is 11.9. The maximum atomic E-state index is 11.9. The number of hydrogen-bond donors (Lipinski definition) is 2. The summed E-state index contributed by atoms with van der Waals surface area (Å²) in [5, 5.41) is 2.90. The molecule has 0 aliphatic carbocycles. The van der Waals surface area contributed by atoms with Crippen LogP contribution in [0, 0.1) is 6.92 Å². The lowest BCUT2D eigenvalue weighted by Crippen LogP contribution is -2.33. The summed E-state index contributed by atoms with van der Waals surface area (Å²) in [6.45, 7) is 4.45. The van der Waals surface area contributed by atoms with Crippen LogP contribution in [0.3, 0.4) is 0 Å². The van der Waals surface area contributed by atoms with E-state index in [9.17, 15) is 4.79 Å². The van der Waals surface area contributed by atoms with Crippen LogP contribution in [0.4, 0.5) is 5.69 Å². The normalized spacial score (nSPS) is 11.2. The number of ether oxygens (including phenoxy) is 1. The van der Waals surface area contributed by atoms with Gasteiger partial charge in [0.15, 0.2) is 0 Å². The number of amides is 1. The molecule has 1 atom stereocenters. The smallest absolute Gasteiger partial charge is 0.220 e. The van der Waals surface area contributed by atoms with Gasteiger partial charge in [0.05, 0.1) is 6.54 Å². The fourth-order valence-corrected chi connectivity index (χ4v) is 2.32. The molecule has 130 valence electrons. The molecular weight excluding hydrogens is 324 g/mol. The SMILES string of the molecule is Cc1cccc(OC(C)CNC(=O)CCc2ccccc2N)c1.Cl. The Morgan fingerprint density at radius 2 is 1.96 bits per heavy atom. The van der Waals surface area contributed by atoms with Crippen LogP contribution >= 0.6 is 12.4 Å². The Morgan fingerprint density at radius 3 is 2.67 bits per heavy atom. The molecule has 0 bridgehead atoms. The molecule has 0 saturated heterocycles. The Hall–Kier alpha value is -2.20. The molecule has 1 unspecified atom stereocenters. The molecule has 0 aliphatic rings. The lowest BCUT2D eigenvalue weighted by atomic mass is 10.1. The summed E-state index contributed by atoms with van der Waals surface area (Å²) in [6.07, 6.45) is 0.985. The van der Waals surface area contributed by atoms with E-state index in [1.54, 1.807) is 0 Å². The number of para-hydroxylation sites is 1. The predicted octanol–water partition coefficient (Wildman–Crippen LogP) is 3.52. The molecular formula is C19H25ClN2O2. The number of carbonyl (C=O) groups is 1. The third-order valence-electron chi connectivity index (χ3n) is 3.59. The van der Waals surface area contributed by atoms with Crippen LogP contribution in [0.5, 0.6) is 5.75 Å². The van der Waals surface area contributed by atoms with Crippen molar-refractivity contribution in [2.45, 2.75) is 32.8 Å². The van der Waals surface area contributed by atoms with Crippen molar-refractivity contribution in [1.29, 1.82) is 0 Å². The molecule has 0 heterocycles. The molecule has 0 saturated carbocycles. The van der Waals surface area contributed by atoms with Gasteiger partial charge in [0.2, 0.25) is 5.91 Å². The molecule has 5 heteroatoms. The first-order chi connectivity index (χ1) is 11.0. The van der Waals surface area contributed by atoms with E-state index in [1.165, 1.54) is 0 Å². The van der Waals surface area contributed by atoms with Crippen molar-refractivity contribution in [3.8, 4) is 5.75 Å². The van der Waals surface area contributed by atoms with Crippen molar-refractivity contribution < 1.29 is 9.53 Å². The van der Waals surface area contributed by atoms with Gasteiger partial charge in [-0.05, 0) is 49.6 Å². The van der Waals surface area contributed by atoms with Gasteiger partial charge in [-0.1, -0.05) is 30.3 Å². The van der Waals surface area contributed by atoms with Gasteiger partial charge in [0.1, 0.15) is 11.9 Å². The van der Waals surface area contributed by atoms with Crippen molar-refractivity contribution in [2.24, 2.45) is 0 Å². The van der Waals surface area contributed by atoms with E-state index in [4.69, 9.17) is 10.5 Å². The molecule has 2 aromatic carbocycles. The van der Waals surface area contributed by atoms with E-state index >= 15 is 0 Å². The van der Waals surface area contributed by atoms with Crippen molar-refractivity contribution in [3.63, 3.8) is 0 Å².